The topological polar surface area (TPSA) is 92.4 Å². The van der Waals surface area contributed by atoms with Crippen LogP contribution in [0.1, 0.15) is 40.5 Å². The fourth-order valence-corrected chi connectivity index (χ4v) is 4.18. The molecule has 0 radical (unpaired) electrons. The summed E-state index contributed by atoms with van der Waals surface area (Å²) < 4.78 is 10.8. The summed E-state index contributed by atoms with van der Waals surface area (Å²) in [4.78, 5) is 17.0. The maximum absolute atomic E-state index is 12.2. The number of carboxylic acids is 1. The molecule has 1 N–H and O–H groups in total. The average molecular weight is 414 g/mol. The molecule has 6 heteroatoms. The summed E-state index contributed by atoms with van der Waals surface area (Å²) in [5.41, 5.74) is 4.45. The fraction of sp³-hybridized carbons (Fsp3) is 0.240. The number of carboxylic acid groups (broad SMARTS) is 1. The summed E-state index contributed by atoms with van der Waals surface area (Å²) in [6.45, 7) is 2.06. The minimum Gasteiger partial charge on any atom is -0.493 e. The van der Waals surface area contributed by atoms with Crippen molar-refractivity contribution in [1.82, 2.24) is 4.98 Å². The first-order valence-electron chi connectivity index (χ1n) is 10.1. The number of aromatic nitrogens is 1. The highest BCUT2D eigenvalue weighted by Crippen LogP contribution is 2.39. The number of nitriles is 1. The zero-order chi connectivity index (χ0) is 22.0. The highest BCUT2D eigenvalue weighted by Gasteiger charge is 2.28. The molecule has 3 aromatic rings. The average Bonchev–Trinajstić information content (AvgIpc) is 2.76. The van der Waals surface area contributed by atoms with Crippen LogP contribution in [0, 0.1) is 17.2 Å². The van der Waals surface area contributed by atoms with Gasteiger partial charge in [0.15, 0.2) is 18.1 Å². The number of carbonyl (C=O) groups is 1. The van der Waals surface area contributed by atoms with Gasteiger partial charge in [-0.25, -0.2) is 9.78 Å². The number of ether oxygens (including phenoxy) is 2. The Morgan fingerprint density at radius 2 is 2.06 bits per heavy atom. The SMILES string of the molecule is COc1cc(/C=C2\C[C@H](C)Cc3c2nc2ccccc2c3C(=O)O)ccc1OCC#N. The molecule has 0 saturated carbocycles. The summed E-state index contributed by atoms with van der Waals surface area (Å²) in [5, 5.41) is 19.4. The Balaban J connectivity index is 1.86. The first kappa shape index (κ1) is 20.4. The van der Waals surface area contributed by atoms with Crippen LogP contribution in [0.4, 0.5) is 0 Å². The van der Waals surface area contributed by atoms with Crippen LogP contribution in [0.2, 0.25) is 0 Å². The quantitative estimate of drug-likeness (QED) is 0.634. The maximum atomic E-state index is 12.2. The lowest BCUT2D eigenvalue weighted by atomic mass is 9.80. The second kappa shape index (κ2) is 8.49. The molecule has 2 aromatic carbocycles. The minimum atomic E-state index is -0.927. The van der Waals surface area contributed by atoms with Crippen LogP contribution in [-0.2, 0) is 6.42 Å². The van der Waals surface area contributed by atoms with Gasteiger partial charge in [-0.15, -0.1) is 0 Å². The number of para-hydroxylation sites is 1. The van der Waals surface area contributed by atoms with Gasteiger partial charge >= 0.3 is 5.97 Å². The van der Waals surface area contributed by atoms with Crippen molar-refractivity contribution in [2.24, 2.45) is 5.92 Å². The van der Waals surface area contributed by atoms with Crippen LogP contribution in [0.15, 0.2) is 42.5 Å². The van der Waals surface area contributed by atoms with Gasteiger partial charge in [-0.1, -0.05) is 31.2 Å². The van der Waals surface area contributed by atoms with Crippen LogP contribution in [0.5, 0.6) is 11.5 Å². The first-order valence-corrected chi connectivity index (χ1v) is 10.1. The van der Waals surface area contributed by atoms with Crippen LogP contribution < -0.4 is 9.47 Å². The Bertz CT molecular complexity index is 1240. The molecule has 1 atom stereocenters. The summed E-state index contributed by atoms with van der Waals surface area (Å²) in [5.74, 6) is 0.399. The van der Waals surface area contributed by atoms with Crippen LogP contribution in [0.25, 0.3) is 22.6 Å². The Hall–Kier alpha value is -3.85. The number of methoxy groups -OCH3 is 1. The third-order valence-electron chi connectivity index (χ3n) is 5.45. The van der Waals surface area contributed by atoms with Gasteiger partial charge in [-0.2, -0.15) is 5.26 Å². The summed E-state index contributed by atoms with van der Waals surface area (Å²) in [7, 11) is 1.55. The normalized spacial score (nSPS) is 16.5. The van der Waals surface area contributed by atoms with E-state index in [1.807, 2.05) is 48.5 Å². The number of hydrogen-bond acceptors (Lipinski definition) is 5. The van der Waals surface area contributed by atoms with Gasteiger partial charge in [0.2, 0.25) is 0 Å². The molecule has 4 rings (SSSR count). The fourth-order valence-electron chi connectivity index (χ4n) is 4.18. The number of fused-ring (bicyclic) bond motifs is 2. The highest BCUT2D eigenvalue weighted by atomic mass is 16.5. The monoisotopic (exact) mass is 414 g/mol. The molecule has 1 aliphatic rings. The van der Waals surface area contributed by atoms with Crippen molar-refractivity contribution in [1.29, 1.82) is 5.26 Å². The van der Waals surface area contributed by atoms with Gasteiger partial charge in [0.25, 0.3) is 0 Å². The predicted molar refractivity (Wildman–Crippen MR) is 118 cm³/mol. The molecule has 0 spiro atoms. The van der Waals surface area contributed by atoms with E-state index in [0.29, 0.717) is 40.3 Å². The second-order valence-electron chi connectivity index (χ2n) is 7.68. The van der Waals surface area contributed by atoms with Gasteiger partial charge in [0.1, 0.15) is 6.07 Å². The molecule has 31 heavy (non-hydrogen) atoms. The number of benzene rings is 2. The summed E-state index contributed by atoms with van der Waals surface area (Å²) in [6.07, 6.45) is 3.50. The zero-order valence-corrected chi connectivity index (χ0v) is 17.4. The molecule has 0 bridgehead atoms. The molecule has 1 aliphatic carbocycles. The lowest BCUT2D eigenvalue weighted by Gasteiger charge is -2.26. The molecule has 0 amide bonds. The van der Waals surface area contributed by atoms with Crippen LogP contribution in [-0.4, -0.2) is 29.8 Å². The molecular weight excluding hydrogens is 392 g/mol. The van der Waals surface area contributed by atoms with Gasteiger partial charge in [-0.05, 0) is 59.7 Å². The van der Waals surface area contributed by atoms with Crippen LogP contribution >= 0.6 is 0 Å². The first-order chi connectivity index (χ1) is 15.0. The molecule has 1 heterocycles. The smallest absolute Gasteiger partial charge is 0.336 e. The lowest BCUT2D eigenvalue weighted by Crippen LogP contribution is -2.17. The van der Waals surface area contributed by atoms with Crippen molar-refractivity contribution >= 4 is 28.5 Å². The largest absolute Gasteiger partial charge is 0.493 e. The molecule has 1 aromatic heterocycles. The van der Waals surface area contributed by atoms with Gasteiger partial charge in [-0.3, -0.25) is 0 Å². The third-order valence-corrected chi connectivity index (χ3v) is 5.45. The van der Waals surface area contributed by atoms with Crippen molar-refractivity contribution in [3.63, 3.8) is 0 Å². The van der Waals surface area contributed by atoms with E-state index >= 15 is 0 Å². The molecule has 0 fully saturated rings. The van der Waals surface area contributed by atoms with Crippen molar-refractivity contribution in [2.75, 3.05) is 13.7 Å². The van der Waals surface area contributed by atoms with E-state index in [1.54, 1.807) is 13.2 Å². The van der Waals surface area contributed by atoms with Crippen molar-refractivity contribution in [3.8, 4) is 17.6 Å². The Kier molecular flexibility index (Phi) is 5.59. The number of rotatable bonds is 5. The molecular formula is C25H22N2O4. The summed E-state index contributed by atoms with van der Waals surface area (Å²) >= 11 is 0. The van der Waals surface area contributed by atoms with Gasteiger partial charge in [0, 0.05) is 5.39 Å². The van der Waals surface area contributed by atoms with E-state index in [4.69, 9.17) is 19.7 Å². The van der Waals surface area contributed by atoms with Crippen molar-refractivity contribution in [3.05, 3.63) is 64.8 Å². The van der Waals surface area contributed by atoms with Gasteiger partial charge < -0.3 is 14.6 Å². The van der Waals surface area contributed by atoms with Crippen molar-refractivity contribution in [2.45, 2.75) is 19.8 Å². The Labute approximate surface area is 180 Å². The number of pyridine rings is 1. The van der Waals surface area contributed by atoms with E-state index < -0.39 is 5.97 Å². The van der Waals surface area contributed by atoms with E-state index in [1.165, 1.54) is 0 Å². The highest BCUT2D eigenvalue weighted by molar-refractivity contribution is 6.06. The summed E-state index contributed by atoms with van der Waals surface area (Å²) in [6, 6.07) is 14.8. The minimum absolute atomic E-state index is 0.0589. The third kappa shape index (κ3) is 3.95. The number of hydrogen-bond donors (Lipinski definition) is 1. The van der Waals surface area contributed by atoms with Crippen LogP contribution in [0.3, 0.4) is 0 Å². The Morgan fingerprint density at radius 1 is 1.26 bits per heavy atom. The predicted octanol–water partition coefficient (Wildman–Crippen LogP) is 4.97. The standard InChI is InChI=1S/C25H22N2O4/c1-15-11-17(13-16-7-8-21(31-10-9-26)22(14-16)30-2)24-19(12-15)23(25(28)29)18-5-3-4-6-20(18)27-24/h3-8,13-15H,10-12H2,1-2H3,(H,28,29)/b17-13+/t15-/m0/s1. The van der Waals surface area contributed by atoms with Gasteiger partial charge in [0.05, 0.1) is 23.9 Å². The molecule has 0 aliphatic heterocycles. The molecule has 0 saturated heterocycles. The van der Waals surface area contributed by atoms with E-state index in [9.17, 15) is 9.90 Å². The van der Waals surface area contributed by atoms with E-state index in [-0.39, 0.29) is 6.61 Å². The molecule has 0 unspecified atom stereocenters. The van der Waals surface area contributed by atoms with E-state index in [0.717, 1.165) is 28.8 Å². The number of aromatic carboxylic acids is 1. The molecule has 6 nitrogen and oxygen atoms in total. The number of nitrogens with zero attached hydrogens (tertiary/aromatic N) is 2. The molecule has 156 valence electrons. The Morgan fingerprint density at radius 3 is 2.81 bits per heavy atom. The second-order valence-corrected chi connectivity index (χ2v) is 7.68. The van der Waals surface area contributed by atoms with E-state index in [2.05, 4.69) is 6.92 Å². The number of allylic oxidation sites excluding steroid dienone is 1. The van der Waals surface area contributed by atoms with Crippen molar-refractivity contribution < 1.29 is 19.4 Å². The lowest BCUT2D eigenvalue weighted by molar-refractivity contribution is 0.0697. The maximum Gasteiger partial charge on any atom is 0.336 e. The zero-order valence-electron chi connectivity index (χ0n) is 17.4.